The number of hydrogen-bond donors (Lipinski definition) is 4. The van der Waals surface area contributed by atoms with Crippen LogP contribution in [0.1, 0.15) is 18.5 Å². The molecule has 0 bridgehead atoms. The van der Waals surface area contributed by atoms with Crippen molar-refractivity contribution in [3.05, 3.63) is 34.9 Å². The number of rotatable bonds is 2. The topological polar surface area (TPSA) is 79.2 Å². The number of hydrogen-bond acceptors (Lipinski definition) is 4. The molecule has 1 aliphatic rings. The molecule has 0 radical (unpaired) electrons. The van der Waals surface area contributed by atoms with Gasteiger partial charge in [0.15, 0.2) is 0 Å². The monoisotopic (exact) mass is 254 g/mol. The van der Waals surface area contributed by atoms with Gasteiger partial charge in [0, 0.05) is 11.1 Å². The summed E-state index contributed by atoms with van der Waals surface area (Å²) in [6.07, 6.45) is 0. The van der Waals surface area contributed by atoms with Crippen molar-refractivity contribution in [2.75, 3.05) is 0 Å². The molecule has 0 aliphatic carbocycles. The number of amides is 1. The van der Waals surface area contributed by atoms with Gasteiger partial charge in [0.1, 0.15) is 0 Å². The molecule has 3 unspecified atom stereocenters. The van der Waals surface area contributed by atoms with Gasteiger partial charge >= 0.3 is 0 Å². The number of carbonyl (C=O) groups is 1. The maximum Gasteiger partial charge on any atom is 0.240 e. The predicted molar refractivity (Wildman–Crippen MR) is 65.7 cm³/mol. The lowest BCUT2D eigenvalue weighted by Gasteiger charge is -2.19. The molecule has 3 atom stereocenters. The summed E-state index contributed by atoms with van der Waals surface area (Å²) in [4.78, 5) is 11.7. The number of hydrazine groups is 2. The molecule has 0 spiro atoms. The highest BCUT2D eigenvalue weighted by Crippen LogP contribution is 2.29. The zero-order valence-corrected chi connectivity index (χ0v) is 10.2. The molecule has 1 aliphatic heterocycles. The highest BCUT2D eigenvalue weighted by molar-refractivity contribution is 6.30. The largest absolute Gasteiger partial charge is 0.294 e. The van der Waals surface area contributed by atoms with Gasteiger partial charge in [0.2, 0.25) is 5.91 Å². The van der Waals surface area contributed by atoms with E-state index in [0.717, 1.165) is 5.56 Å². The first-order chi connectivity index (χ1) is 8.13. The fourth-order valence-electron chi connectivity index (χ4n) is 2.12. The van der Waals surface area contributed by atoms with Gasteiger partial charge in [-0.25, -0.2) is 11.3 Å². The molecular formula is C11H15ClN4O. The van der Waals surface area contributed by atoms with Gasteiger partial charge in [-0.3, -0.25) is 15.6 Å². The molecule has 1 aromatic carbocycles. The van der Waals surface area contributed by atoms with Crippen LogP contribution in [-0.2, 0) is 4.79 Å². The molecule has 1 aromatic rings. The Morgan fingerprint density at radius 1 is 1.35 bits per heavy atom. The minimum Gasteiger partial charge on any atom is -0.294 e. The van der Waals surface area contributed by atoms with Crippen LogP contribution >= 0.6 is 11.6 Å². The van der Waals surface area contributed by atoms with Gasteiger partial charge in [-0.2, -0.15) is 0 Å². The smallest absolute Gasteiger partial charge is 0.240 e. The average molecular weight is 255 g/mol. The zero-order valence-electron chi connectivity index (χ0n) is 9.41. The van der Waals surface area contributed by atoms with E-state index in [2.05, 4.69) is 16.3 Å². The van der Waals surface area contributed by atoms with Crippen LogP contribution in [0, 0.1) is 5.92 Å². The SMILES string of the molecule is CC1NNC(c2ccc(Cl)cc2)C1C(=O)NN. The molecule has 17 heavy (non-hydrogen) atoms. The first-order valence-corrected chi connectivity index (χ1v) is 5.78. The maximum absolute atomic E-state index is 11.7. The number of nitrogens with one attached hydrogen (secondary N) is 3. The molecule has 0 saturated carbocycles. The lowest BCUT2D eigenvalue weighted by Crippen LogP contribution is -2.41. The molecule has 0 aromatic heterocycles. The third kappa shape index (κ3) is 2.42. The molecule has 2 rings (SSSR count). The van der Waals surface area contributed by atoms with Crippen LogP contribution in [0.3, 0.4) is 0 Å². The standard InChI is InChI=1S/C11H15ClN4O/c1-6-9(11(17)14-13)10(16-15-6)7-2-4-8(12)5-3-7/h2-6,9-10,15-16H,13H2,1H3,(H,14,17). The quantitative estimate of drug-likeness (QED) is 0.352. The molecule has 5 nitrogen and oxygen atoms in total. The molecule has 92 valence electrons. The van der Waals surface area contributed by atoms with Gasteiger partial charge in [0.25, 0.3) is 0 Å². The summed E-state index contributed by atoms with van der Waals surface area (Å²) in [5.41, 5.74) is 9.35. The fourth-order valence-corrected chi connectivity index (χ4v) is 2.25. The molecule has 1 amide bonds. The van der Waals surface area contributed by atoms with Crippen molar-refractivity contribution in [1.29, 1.82) is 0 Å². The van der Waals surface area contributed by atoms with E-state index in [9.17, 15) is 4.79 Å². The number of nitrogens with two attached hydrogens (primary N) is 1. The molecule has 1 saturated heterocycles. The Morgan fingerprint density at radius 3 is 2.59 bits per heavy atom. The summed E-state index contributed by atoms with van der Waals surface area (Å²) in [6, 6.07) is 7.32. The van der Waals surface area contributed by atoms with Crippen LogP contribution in [0.4, 0.5) is 0 Å². The summed E-state index contributed by atoms with van der Waals surface area (Å²) in [5, 5.41) is 0.674. The molecule has 1 heterocycles. The number of benzene rings is 1. The summed E-state index contributed by atoms with van der Waals surface area (Å²) >= 11 is 5.84. The van der Waals surface area contributed by atoms with E-state index in [1.807, 2.05) is 19.1 Å². The lowest BCUT2D eigenvalue weighted by molar-refractivity contribution is -0.125. The second kappa shape index (κ2) is 5.01. The minimum absolute atomic E-state index is 0.0132. The van der Waals surface area contributed by atoms with E-state index >= 15 is 0 Å². The van der Waals surface area contributed by atoms with Gasteiger partial charge in [-0.1, -0.05) is 23.7 Å². The second-order valence-corrected chi connectivity index (χ2v) is 4.58. The molecule has 1 fully saturated rings. The van der Waals surface area contributed by atoms with Crippen LogP contribution in [0.25, 0.3) is 0 Å². The Labute approximate surface area is 105 Å². The summed E-state index contributed by atoms with van der Waals surface area (Å²) in [6.45, 7) is 1.93. The van der Waals surface area contributed by atoms with Gasteiger partial charge in [0.05, 0.1) is 12.0 Å². The van der Waals surface area contributed by atoms with Crippen molar-refractivity contribution >= 4 is 17.5 Å². The third-order valence-electron chi connectivity index (χ3n) is 3.04. The van der Waals surface area contributed by atoms with E-state index in [-0.39, 0.29) is 23.9 Å². The summed E-state index contributed by atoms with van der Waals surface area (Å²) < 4.78 is 0. The van der Waals surface area contributed by atoms with E-state index in [4.69, 9.17) is 17.4 Å². The molecular weight excluding hydrogens is 240 g/mol. The Morgan fingerprint density at radius 2 is 2.00 bits per heavy atom. The maximum atomic E-state index is 11.7. The van der Waals surface area contributed by atoms with Crippen molar-refractivity contribution in [2.24, 2.45) is 11.8 Å². The average Bonchev–Trinajstić information content (AvgIpc) is 2.71. The normalized spacial score (nSPS) is 28.1. The molecule has 6 heteroatoms. The van der Waals surface area contributed by atoms with Crippen LogP contribution in [0.5, 0.6) is 0 Å². The summed E-state index contributed by atoms with van der Waals surface area (Å²) in [7, 11) is 0. The van der Waals surface area contributed by atoms with E-state index < -0.39 is 0 Å². The first kappa shape index (κ1) is 12.3. The highest BCUT2D eigenvalue weighted by Gasteiger charge is 2.38. The van der Waals surface area contributed by atoms with Crippen LogP contribution in [0.15, 0.2) is 24.3 Å². The summed E-state index contributed by atoms with van der Waals surface area (Å²) in [5.74, 6) is 4.77. The second-order valence-electron chi connectivity index (χ2n) is 4.14. The zero-order chi connectivity index (χ0) is 12.4. The van der Waals surface area contributed by atoms with Crippen molar-refractivity contribution in [1.82, 2.24) is 16.3 Å². The van der Waals surface area contributed by atoms with E-state index in [1.54, 1.807) is 12.1 Å². The van der Waals surface area contributed by atoms with Gasteiger partial charge < -0.3 is 0 Å². The van der Waals surface area contributed by atoms with Crippen molar-refractivity contribution < 1.29 is 4.79 Å². The molecule has 5 N–H and O–H groups in total. The van der Waals surface area contributed by atoms with Crippen LogP contribution in [0.2, 0.25) is 5.02 Å². The van der Waals surface area contributed by atoms with E-state index in [1.165, 1.54) is 0 Å². The van der Waals surface area contributed by atoms with Crippen LogP contribution < -0.4 is 22.1 Å². The Balaban J connectivity index is 2.25. The number of carbonyl (C=O) groups excluding carboxylic acids is 1. The lowest BCUT2D eigenvalue weighted by atomic mass is 9.90. The van der Waals surface area contributed by atoms with Gasteiger partial charge in [-0.15, -0.1) is 0 Å². The Hall–Kier alpha value is -1.14. The Bertz CT molecular complexity index is 408. The van der Waals surface area contributed by atoms with Crippen molar-refractivity contribution in [3.8, 4) is 0 Å². The highest BCUT2D eigenvalue weighted by atomic mass is 35.5. The number of halogens is 1. The van der Waals surface area contributed by atoms with Gasteiger partial charge in [-0.05, 0) is 24.6 Å². The third-order valence-corrected chi connectivity index (χ3v) is 3.29. The first-order valence-electron chi connectivity index (χ1n) is 5.40. The van der Waals surface area contributed by atoms with Crippen molar-refractivity contribution in [2.45, 2.75) is 19.0 Å². The minimum atomic E-state index is -0.249. The Kier molecular flexibility index (Phi) is 3.63. The fraction of sp³-hybridized carbons (Fsp3) is 0.364. The van der Waals surface area contributed by atoms with Crippen molar-refractivity contribution in [3.63, 3.8) is 0 Å². The van der Waals surface area contributed by atoms with Crippen LogP contribution in [-0.4, -0.2) is 11.9 Å². The van der Waals surface area contributed by atoms with E-state index in [0.29, 0.717) is 5.02 Å². The predicted octanol–water partition coefficient (Wildman–Crippen LogP) is 0.483.